The van der Waals surface area contributed by atoms with Gasteiger partial charge >= 0.3 is 0 Å². The van der Waals surface area contributed by atoms with Gasteiger partial charge in [-0.2, -0.15) is 0 Å². The summed E-state index contributed by atoms with van der Waals surface area (Å²) >= 11 is 1.41. The molecule has 6 nitrogen and oxygen atoms in total. The quantitative estimate of drug-likeness (QED) is 0.686. The number of pyridine rings is 1. The summed E-state index contributed by atoms with van der Waals surface area (Å²) in [6.45, 7) is 8.77. The van der Waals surface area contributed by atoms with E-state index >= 15 is 0 Å². The van der Waals surface area contributed by atoms with Gasteiger partial charge in [-0.3, -0.25) is 14.6 Å². The minimum atomic E-state index is -0.101. The summed E-state index contributed by atoms with van der Waals surface area (Å²) in [5.74, 6) is 0.0790. The second-order valence-electron chi connectivity index (χ2n) is 7.54. The van der Waals surface area contributed by atoms with Crippen LogP contribution in [0.2, 0.25) is 0 Å². The lowest BCUT2D eigenvalue weighted by atomic mass is 9.96. The molecule has 3 heterocycles. The lowest BCUT2D eigenvalue weighted by molar-refractivity contribution is -0.136. The van der Waals surface area contributed by atoms with Gasteiger partial charge in [0.25, 0.3) is 5.91 Å². The molecule has 7 heteroatoms. The van der Waals surface area contributed by atoms with Gasteiger partial charge in [0.1, 0.15) is 9.88 Å². The molecule has 1 saturated heterocycles. The number of likely N-dealkylation sites (tertiary alicyclic amines) is 1. The van der Waals surface area contributed by atoms with Crippen LogP contribution >= 0.6 is 11.3 Å². The minimum Gasteiger partial charge on any atom is -0.343 e. The van der Waals surface area contributed by atoms with Gasteiger partial charge in [-0.05, 0) is 45.2 Å². The van der Waals surface area contributed by atoms with Crippen LogP contribution in [0.5, 0.6) is 0 Å². The summed E-state index contributed by atoms with van der Waals surface area (Å²) in [4.78, 5) is 39.3. The second-order valence-corrected chi connectivity index (χ2v) is 8.54. The highest BCUT2D eigenvalue weighted by molar-refractivity contribution is 7.17. The molecule has 1 fully saturated rings. The van der Waals surface area contributed by atoms with Gasteiger partial charge in [0.2, 0.25) is 5.91 Å². The highest BCUT2D eigenvalue weighted by Crippen LogP contribution is 2.29. The Balaban J connectivity index is 1.71. The van der Waals surface area contributed by atoms with E-state index < -0.39 is 0 Å². The molecule has 0 bridgehead atoms. The van der Waals surface area contributed by atoms with Gasteiger partial charge in [0.15, 0.2) is 0 Å². The Bertz CT molecular complexity index is 837. The molecule has 29 heavy (non-hydrogen) atoms. The Labute approximate surface area is 177 Å². The highest BCUT2D eigenvalue weighted by atomic mass is 32.1. The first-order valence-electron chi connectivity index (χ1n) is 10.5. The molecule has 0 spiro atoms. The Morgan fingerprint density at radius 1 is 1.34 bits per heavy atom. The number of carbonyl (C=O) groups excluding carboxylic acids is 2. The first-order valence-corrected chi connectivity index (χ1v) is 11.3. The minimum absolute atomic E-state index is 0.00996. The van der Waals surface area contributed by atoms with E-state index in [1.807, 2.05) is 35.8 Å². The summed E-state index contributed by atoms with van der Waals surface area (Å²) in [5, 5.41) is 0.806. The molecule has 156 valence electrons. The van der Waals surface area contributed by atoms with Gasteiger partial charge in [-0.15, -0.1) is 11.3 Å². The smallest absolute Gasteiger partial charge is 0.265 e. The molecule has 0 aliphatic carbocycles. The number of aryl methyl sites for hydroxylation is 1. The monoisotopic (exact) mass is 414 g/mol. The fourth-order valence-corrected chi connectivity index (χ4v) is 4.77. The Morgan fingerprint density at radius 2 is 2.17 bits per heavy atom. The lowest BCUT2D eigenvalue weighted by Gasteiger charge is -2.34. The second kappa shape index (κ2) is 9.96. The summed E-state index contributed by atoms with van der Waals surface area (Å²) in [7, 11) is 0. The predicted molar refractivity (Wildman–Crippen MR) is 116 cm³/mol. The van der Waals surface area contributed by atoms with Crippen molar-refractivity contribution < 1.29 is 9.59 Å². The predicted octanol–water partition coefficient (Wildman–Crippen LogP) is 4.01. The number of thiazole rings is 1. The van der Waals surface area contributed by atoms with Crippen molar-refractivity contribution in [2.24, 2.45) is 5.92 Å². The number of amides is 2. The standard InChI is InChI=1S/C22H30N4O2S/c1-4-6-12-25(5-2)21(27)18-10-8-13-26(15-18)22(28)19-16(3)24-20(29-19)17-9-7-11-23-14-17/h7,9,11,14,18H,4-6,8,10,12-13,15H2,1-3H3. The van der Waals surface area contributed by atoms with E-state index in [9.17, 15) is 9.59 Å². The third-order valence-electron chi connectivity index (χ3n) is 5.43. The van der Waals surface area contributed by atoms with Crippen molar-refractivity contribution in [2.45, 2.75) is 46.5 Å². The molecule has 1 unspecified atom stereocenters. The van der Waals surface area contributed by atoms with Crippen LogP contribution < -0.4 is 0 Å². The number of hydrogen-bond donors (Lipinski definition) is 0. The fraction of sp³-hybridized carbons (Fsp3) is 0.545. The summed E-state index contributed by atoms with van der Waals surface area (Å²) < 4.78 is 0. The number of unbranched alkanes of at least 4 members (excludes halogenated alkanes) is 1. The van der Waals surface area contributed by atoms with E-state index in [1.54, 1.807) is 12.4 Å². The van der Waals surface area contributed by atoms with E-state index in [4.69, 9.17) is 0 Å². The van der Waals surface area contributed by atoms with Crippen molar-refractivity contribution in [1.82, 2.24) is 19.8 Å². The lowest BCUT2D eigenvalue weighted by Crippen LogP contribution is -2.47. The molecule has 1 aliphatic heterocycles. The van der Waals surface area contributed by atoms with Crippen LogP contribution in [0, 0.1) is 12.8 Å². The number of rotatable bonds is 7. The van der Waals surface area contributed by atoms with Crippen LogP contribution in [0.4, 0.5) is 0 Å². The van der Waals surface area contributed by atoms with Crippen LogP contribution in [0.25, 0.3) is 10.6 Å². The number of hydrogen-bond acceptors (Lipinski definition) is 5. The number of nitrogens with zero attached hydrogens (tertiary/aromatic N) is 4. The average Bonchev–Trinajstić information content (AvgIpc) is 3.16. The Kier molecular flexibility index (Phi) is 7.36. The summed E-state index contributed by atoms with van der Waals surface area (Å²) in [6.07, 6.45) is 7.29. The van der Waals surface area contributed by atoms with Gasteiger partial charge in [-0.25, -0.2) is 4.98 Å². The summed E-state index contributed by atoms with van der Waals surface area (Å²) in [6, 6.07) is 3.82. The molecule has 0 saturated carbocycles. The van der Waals surface area contributed by atoms with Crippen molar-refractivity contribution in [3.8, 4) is 10.6 Å². The van der Waals surface area contributed by atoms with Crippen LogP contribution in [-0.4, -0.2) is 57.8 Å². The van der Waals surface area contributed by atoms with E-state index in [2.05, 4.69) is 16.9 Å². The SMILES string of the molecule is CCCCN(CC)C(=O)C1CCCN(C(=O)c2sc(-c3cccnc3)nc2C)C1. The zero-order chi connectivity index (χ0) is 20.8. The van der Waals surface area contributed by atoms with E-state index in [-0.39, 0.29) is 17.7 Å². The Morgan fingerprint density at radius 3 is 2.86 bits per heavy atom. The molecule has 0 aromatic carbocycles. The Hall–Kier alpha value is -2.28. The van der Waals surface area contributed by atoms with Crippen molar-refractivity contribution in [2.75, 3.05) is 26.2 Å². The van der Waals surface area contributed by atoms with Crippen molar-refractivity contribution in [3.05, 3.63) is 35.1 Å². The van der Waals surface area contributed by atoms with E-state index in [0.717, 1.165) is 55.0 Å². The van der Waals surface area contributed by atoms with Gasteiger partial charge < -0.3 is 9.80 Å². The third-order valence-corrected chi connectivity index (χ3v) is 6.63. The highest BCUT2D eigenvalue weighted by Gasteiger charge is 2.32. The normalized spacial score (nSPS) is 16.7. The molecule has 1 aliphatic rings. The average molecular weight is 415 g/mol. The molecular weight excluding hydrogens is 384 g/mol. The van der Waals surface area contributed by atoms with E-state index in [0.29, 0.717) is 18.0 Å². The van der Waals surface area contributed by atoms with Gasteiger partial charge in [0.05, 0.1) is 11.6 Å². The molecule has 0 N–H and O–H groups in total. The van der Waals surface area contributed by atoms with Gasteiger partial charge in [-0.1, -0.05) is 13.3 Å². The number of carbonyl (C=O) groups is 2. The zero-order valence-electron chi connectivity index (χ0n) is 17.6. The molecule has 3 rings (SSSR count). The molecule has 2 aromatic heterocycles. The van der Waals surface area contributed by atoms with Crippen LogP contribution in [0.1, 0.15) is 54.9 Å². The number of aromatic nitrogens is 2. The first-order chi connectivity index (χ1) is 14.0. The fourth-order valence-electron chi connectivity index (χ4n) is 3.75. The topological polar surface area (TPSA) is 66.4 Å². The zero-order valence-corrected chi connectivity index (χ0v) is 18.4. The van der Waals surface area contributed by atoms with Crippen LogP contribution in [-0.2, 0) is 4.79 Å². The maximum atomic E-state index is 13.2. The van der Waals surface area contributed by atoms with Crippen molar-refractivity contribution in [1.29, 1.82) is 0 Å². The van der Waals surface area contributed by atoms with Crippen molar-refractivity contribution in [3.63, 3.8) is 0 Å². The molecule has 2 amide bonds. The van der Waals surface area contributed by atoms with Crippen LogP contribution in [0.15, 0.2) is 24.5 Å². The molecular formula is C22H30N4O2S. The van der Waals surface area contributed by atoms with E-state index in [1.165, 1.54) is 11.3 Å². The first kappa shape index (κ1) is 21.4. The summed E-state index contributed by atoms with van der Waals surface area (Å²) in [5.41, 5.74) is 1.66. The maximum absolute atomic E-state index is 13.2. The molecule has 1 atom stereocenters. The molecule has 2 aromatic rings. The number of piperidine rings is 1. The molecule has 0 radical (unpaired) electrons. The van der Waals surface area contributed by atoms with Gasteiger partial charge in [0, 0.05) is 44.1 Å². The van der Waals surface area contributed by atoms with Crippen molar-refractivity contribution >= 4 is 23.2 Å². The largest absolute Gasteiger partial charge is 0.343 e. The maximum Gasteiger partial charge on any atom is 0.265 e. The van der Waals surface area contributed by atoms with Crippen LogP contribution in [0.3, 0.4) is 0 Å². The third kappa shape index (κ3) is 5.01.